The first-order valence-electron chi connectivity index (χ1n) is 13.0. The molecule has 0 saturated carbocycles. The van der Waals surface area contributed by atoms with Gasteiger partial charge in [-0.05, 0) is 62.9 Å². The molecule has 2 heterocycles. The molecule has 37 heavy (non-hydrogen) atoms. The molecule has 0 aromatic heterocycles. The van der Waals surface area contributed by atoms with Gasteiger partial charge in [-0.25, -0.2) is 0 Å². The number of carbonyl (C=O) groups is 2. The number of nitrogens with two attached hydrogens (primary N) is 1. The van der Waals surface area contributed by atoms with Gasteiger partial charge in [-0.1, -0.05) is 29.8 Å². The molecule has 0 radical (unpaired) electrons. The van der Waals surface area contributed by atoms with Crippen LogP contribution in [0.4, 0.5) is 11.4 Å². The van der Waals surface area contributed by atoms with Crippen LogP contribution in [0.3, 0.4) is 0 Å². The van der Waals surface area contributed by atoms with E-state index in [1.807, 2.05) is 31.2 Å². The summed E-state index contributed by atoms with van der Waals surface area (Å²) in [6, 6.07) is 11.3. The molecule has 2 aliphatic rings. The summed E-state index contributed by atoms with van der Waals surface area (Å²) in [5.41, 5.74) is 9.58. The lowest BCUT2D eigenvalue weighted by molar-refractivity contribution is -0.145. The molecule has 0 bridgehead atoms. The molecule has 0 spiro atoms. The molecule has 1 saturated heterocycles. The predicted octanol–water partition coefficient (Wildman–Crippen LogP) is 3.76. The van der Waals surface area contributed by atoms with E-state index < -0.39 is 12.0 Å². The highest BCUT2D eigenvalue weighted by Crippen LogP contribution is 2.32. The van der Waals surface area contributed by atoms with E-state index in [1.165, 1.54) is 4.90 Å². The summed E-state index contributed by atoms with van der Waals surface area (Å²) in [5, 5.41) is 0.855. The summed E-state index contributed by atoms with van der Waals surface area (Å²) in [4.78, 5) is 30.6. The minimum absolute atomic E-state index is 0.0770. The first-order valence-corrected chi connectivity index (χ1v) is 13.4. The van der Waals surface area contributed by atoms with E-state index in [0.717, 1.165) is 73.1 Å². The van der Waals surface area contributed by atoms with Gasteiger partial charge in [0.2, 0.25) is 5.91 Å². The Labute approximate surface area is 224 Å². The number of esters is 1. The van der Waals surface area contributed by atoms with E-state index in [4.69, 9.17) is 26.8 Å². The fourth-order valence-corrected chi connectivity index (χ4v) is 4.97. The smallest absolute Gasteiger partial charge is 0.324 e. The SMILES string of the molecule is Cc1cccc(N2CCN(CCCCOc3ccc4c(c3)N(COC(=O)C(C)N)C(=O)CC4)CC2)c1Cl. The zero-order valence-corrected chi connectivity index (χ0v) is 22.5. The van der Waals surface area contributed by atoms with E-state index in [1.54, 1.807) is 6.92 Å². The number of halogens is 1. The van der Waals surface area contributed by atoms with Crippen LogP contribution in [0.15, 0.2) is 36.4 Å². The second kappa shape index (κ2) is 12.6. The third kappa shape index (κ3) is 6.94. The van der Waals surface area contributed by atoms with Crippen LogP contribution in [0.2, 0.25) is 5.02 Å². The fraction of sp³-hybridized carbons (Fsp3) is 0.500. The molecule has 1 unspecified atom stereocenters. The average Bonchev–Trinajstić information content (AvgIpc) is 2.89. The van der Waals surface area contributed by atoms with Crippen molar-refractivity contribution in [1.82, 2.24) is 4.90 Å². The number of piperazine rings is 1. The molecule has 1 atom stereocenters. The van der Waals surface area contributed by atoms with Crippen molar-refractivity contribution < 1.29 is 19.1 Å². The maximum atomic E-state index is 12.5. The summed E-state index contributed by atoms with van der Waals surface area (Å²) in [6.07, 6.45) is 3.04. The third-order valence-corrected chi connectivity index (χ3v) is 7.48. The highest BCUT2D eigenvalue weighted by atomic mass is 35.5. The standard InChI is InChI=1S/C28H37ClN4O4/c1-20-6-5-7-24(27(20)29)32-15-13-31(14-16-32)12-3-4-17-36-23-10-8-22-9-11-26(34)33(25(22)18-23)19-37-28(35)21(2)30/h5-8,10,18,21H,3-4,9,11-17,19,30H2,1-2H3. The normalized spacial score (nSPS) is 16.9. The molecule has 2 aliphatic heterocycles. The molecule has 4 rings (SSSR count). The number of anilines is 2. The highest BCUT2D eigenvalue weighted by Gasteiger charge is 2.26. The molecule has 1 fully saturated rings. The quantitative estimate of drug-likeness (QED) is 0.371. The number of rotatable bonds is 10. The Morgan fingerprint density at radius 3 is 2.62 bits per heavy atom. The van der Waals surface area contributed by atoms with E-state index in [0.29, 0.717) is 25.2 Å². The van der Waals surface area contributed by atoms with Gasteiger partial charge in [0.1, 0.15) is 11.8 Å². The lowest BCUT2D eigenvalue weighted by Gasteiger charge is -2.36. The number of hydrogen-bond acceptors (Lipinski definition) is 7. The Morgan fingerprint density at radius 2 is 1.86 bits per heavy atom. The van der Waals surface area contributed by atoms with Crippen molar-refractivity contribution in [2.75, 3.05) is 55.9 Å². The molecule has 9 heteroatoms. The maximum absolute atomic E-state index is 12.5. The molecule has 200 valence electrons. The first kappa shape index (κ1) is 27.2. The van der Waals surface area contributed by atoms with Crippen molar-refractivity contribution in [2.45, 2.75) is 45.6 Å². The summed E-state index contributed by atoms with van der Waals surface area (Å²) in [6.45, 7) is 9.10. The molecular formula is C28H37ClN4O4. The van der Waals surface area contributed by atoms with E-state index in [2.05, 4.69) is 21.9 Å². The molecular weight excluding hydrogens is 492 g/mol. The van der Waals surface area contributed by atoms with Crippen LogP contribution in [0, 0.1) is 6.92 Å². The van der Waals surface area contributed by atoms with Gasteiger partial charge >= 0.3 is 5.97 Å². The molecule has 0 aliphatic carbocycles. The van der Waals surface area contributed by atoms with Gasteiger partial charge in [-0.2, -0.15) is 0 Å². The summed E-state index contributed by atoms with van der Waals surface area (Å²) < 4.78 is 11.2. The number of amides is 1. The predicted molar refractivity (Wildman–Crippen MR) is 146 cm³/mol. The highest BCUT2D eigenvalue weighted by molar-refractivity contribution is 6.34. The van der Waals surface area contributed by atoms with Gasteiger partial charge in [0, 0.05) is 38.7 Å². The van der Waals surface area contributed by atoms with Gasteiger partial charge in [0.15, 0.2) is 6.73 Å². The molecule has 8 nitrogen and oxygen atoms in total. The summed E-state index contributed by atoms with van der Waals surface area (Å²) in [5.74, 6) is 0.0974. The number of ether oxygens (including phenoxy) is 2. The Hall–Kier alpha value is -2.81. The zero-order valence-electron chi connectivity index (χ0n) is 21.7. The van der Waals surface area contributed by atoms with Crippen LogP contribution < -0.4 is 20.3 Å². The monoisotopic (exact) mass is 528 g/mol. The Balaban J connectivity index is 1.20. The number of fused-ring (bicyclic) bond motifs is 1. The van der Waals surface area contributed by atoms with Crippen LogP contribution >= 0.6 is 11.6 Å². The van der Waals surface area contributed by atoms with Crippen LogP contribution in [-0.2, 0) is 20.7 Å². The second-order valence-electron chi connectivity index (χ2n) is 9.79. The summed E-state index contributed by atoms with van der Waals surface area (Å²) in [7, 11) is 0. The van der Waals surface area contributed by atoms with Gasteiger partial charge in [0.25, 0.3) is 0 Å². The lowest BCUT2D eigenvalue weighted by atomic mass is 10.0. The second-order valence-corrected chi connectivity index (χ2v) is 10.2. The van der Waals surface area contributed by atoms with Crippen molar-refractivity contribution in [3.05, 3.63) is 52.5 Å². The molecule has 2 aromatic carbocycles. The van der Waals surface area contributed by atoms with Gasteiger partial charge in [-0.15, -0.1) is 0 Å². The van der Waals surface area contributed by atoms with Crippen molar-refractivity contribution in [3.63, 3.8) is 0 Å². The Bertz CT molecular complexity index is 1100. The van der Waals surface area contributed by atoms with Gasteiger partial charge in [-0.3, -0.25) is 19.4 Å². The lowest BCUT2D eigenvalue weighted by Crippen LogP contribution is -2.46. The molecule has 2 aromatic rings. The van der Waals surface area contributed by atoms with Crippen molar-refractivity contribution in [1.29, 1.82) is 0 Å². The maximum Gasteiger partial charge on any atom is 0.324 e. The van der Waals surface area contributed by atoms with E-state index in [-0.39, 0.29) is 12.6 Å². The van der Waals surface area contributed by atoms with Gasteiger partial charge < -0.3 is 20.1 Å². The van der Waals surface area contributed by atoms with Crippen LogP contribution in [-0.4, -0.2) is 68.9 Å². The zero-order chi connectivity index (χ0) is 26.4. The molecule has 2 N–H and O–H groups in total. The number of unbranched alkanes of at least 4 members (excludes halogenated alkanes) is 1. The Morgan fingerprint density at radius 1 is 1.08 bits per heavy atom. The van der Waals surface area contributed by atoms with Crippen molar-refractivity contribution in [3.8, 4) is 5.75 Å². The number of carbonyl (C=O) groups excluding carboxylic acids is 2. The van der Waals surface area contributed by atoms with Gasteiger partial charge in [0.05, 0.1) is 23.0 Å². The summed E-state index contributed by atoms with van der Waals surface area (Å²) >= 11 is 6.51. The largest absolute Gasteiger partial charge is 0.494 e. The number of aryl methyl sites for hydroxylation is 2. The van der Waals surface area contributed by atoms with Crippen LogP contribution in [0.25, 0.3) is 0 Å². The minimum Gasteiger partial charge on any atom is -0.494 e. The van der Waals surface area contributed by atoms with E-state index >= 15 is 0 Å². The van der Waals surface area contributed by atoms with Crippen LogP contribution in [0.1, 0.15) is 37.3 Å². The minimum atomic E-state index is -0.732. The van der Waals surface area contributed by atoms with Crippen molar-refractivity contribution >= 4 is 34.9 Å². The molecule has 1 amide bonds. The fourth-order valence-electron chi connectivity index (χ4n) is 4.72. The van der Waals surface area contributed by atoms with E-state index in [9.17, 15) is 9.59 Å². The first-order chi connectivity index (χ1) is 17.8. The number of hydrogen-bond donors (Lipinski definition) is 1. The Kier molecular flexibility index (Phi) is 9.29. The third-order valence-electron chi connectivity index (χ3n) is 6.99. The topological polar surface area (TPSA) is 88.3 Å². The number of nitrogens with zero attached hydrogens (tertiary/aromatic N) is 3. The van der Waals surface area contributed by atoms with Crippen LogP contribution in [0.5, 0.6) is 5.75 Å². The van der Waals surface area contributed by atoms with Crippen molar-refractivity contribution in [2.24, 2.45) is 5.73 Å². The number of benzene rings is 2. The average molecular weight is 529 g/mol.